The molecule has 1 aromatic rings. The van der Waals surface area contributed by atoms with Crippen molar-refractivity contribution in [2.24, 2.45) is 5.92 Å². The van der Waals surface area contributed by atoms with E-state index < -0.39 is 0 Å². The average Bonchev–Trinajstić information content (AvgIpc) is 2.38. The second-order valence-corrected chi connectivity index (χ2v) is 6.58. The highest BCUT2D eigenvalue weighted by atomic mass is 16.1. The third kappa shape index (κ3) is 3.92. The summed E-state index contributed by atoms with van der Waals surface area (Å²) in [7, 11) is 0. The SMILES string of the molecule is Cc1cc(C)cc(C(=O)CCN2CC(C)CCC2C)c1. The zero-order valence-electron chi connectivity index (χ0n) is 13.3. The number of benzene rings is 1. The molecular weight excluding hydrogens is 246 g/mol. The number of hydrogen-bond donors (Lipinski definition) is 0. The summed E-state index contributed by atoms with van der Waals surface area (Å²) < 4.78 is 0. The minimum atomic E-state index is 0.280. The highest BCUT2D eigenvalue weighted by Gasteiger charge is 2.23. The lowest BCUT2D eigenvalue weighted by Gasteiger charge is -2.36. The predicted molar refractivity (Wildman–Crippen MR) is 84.3 cm³/mol. The first-order valence-electron chi connectivity index (χ1n) is 7.81. The second-order valence-electron chi connectivity index (χ2n) is 6.58. The van der Waals surface area contributed by atoms with Crippen molar-refractivity contribution in [1.82, 2.24) is 4.90 Å². The minimum absolute atomic E-state index is 0.280. The van der Waals surface area contributed by atoms with Crippen molar-refractivity contribution in [3.63, 3.8) is 0 Å². The molecule has 1 aromatic carbocycles. The van der Waals surface area contributed by atoms with Crippen molar-refractivity contribution in [1.29, 1.82) is 0 Å². The van der Waals surface area contributed by atoms with Gasteiger partial charge in [0.2, 0.25) is 0 Å². The Morgan fingerprint density at radius 2 is 1.80 bits per heavy atom. The summed E-state index contributed by atoms with van der Waals surface area (Å²) in [6.45, 7) is 10.7. The normalized spacial score (nSPS) is 23.8. The number of nitrogens with zero attached hydrogens (tertiary/aromatic N) is 1. The smallest absolute Gasteiger partial charge is 0.164 e. The van der Waals surface area contributed by atoms with Crippen LogP contribution in [0.2, 0.25) is 0 Å². The molecule has 0 N–H and O–H groups in total. The maximum absolute atomic E-state index is 12.4. The molecule has 1 saturated heterocycles. The molecule has 2 rings (SSSR count). The molecule has 2 unspecified atom stereocenters. The molecule has 0 spiro atoms. The largest absolute Gasteiger partial charge is 0.300 e. The van der Waals surface area contributed by atoms with Gasteiger partial charge in [0.05, 0.1) is 0 Å². The molecule has 110 valence electrons. The summed E-state index contributed by atoms with van der Waals surface area (Å²) in [4.78, 5) is 14.8. The van der Waals surface area contributed by atoms with Crippen molar-refractivity contribution in [3.8, 4) is 0 Å². The van der Waals surface area contributed by atoms with Gasteiger partial charge in [-0.05, 0) is 51.7 Å². The number of ketones is 1. The van der Waals surface area contributed by atoms with E-state index >= 15 is 0 Å². The molecule has 1 aliphatic heterocycles. The van der Waals surface area contributed by atoms with Gasteiger partial charge >= 0.3 is 0 Å². The molecule has 2 nitrogen and oxygen atoms in total. The topological polar surface area (TPSA) is 20.3 Å². The van der Waals surface area contributed by atoms with Gasteiger partial charge < -0.3 is 0 Å². The van der Waals surface area contributed by atoms with Crippen LogP contribution in [0.3, 0.4) is 0 Å². The zero-order valence-corrected chi connectivity index (χ0v) is 13.3. The van der Waals surface area contributed by atoms with Gasteiger partial charge in [-0.3, -0.25) is 9.69 Å². The van der Waals surface area contributed by atoms with Crippen LogP contribution in [0.1, 0.15) is 54.6 Å². The Bertz CT molecular complexity index is 460. The van der Waals surface area contributed by atoms with Crippen LogP contribution in [-0.2, 0) is 0 Å². The average molecular weight is 273 g/mol. The van der Waals surface area contributed by atoms with E-state index in [0.29, 0.717) is 12.5 Å². The first kappa shape index (κ1) is 15.2. The molecule has 1 heterocycles. The van der Waals surface area contributed by atoms with E-state index in [-0.39, 0.29) is 5.78 Å². The molecular formula is C18H27NO. The highest BCUT2D eigenvalue weighted by molar-refractivity contribution is 5.96. The van der Waals surface area contributed by atoms with Gasteiger partial charge in [-0.1, -0.05) is 24.1 Å². The van der Waals surface area contributed by atoms with Gasteiger partial charge in [0.1, 0.15) is 0 Å². The lowest BCUT2D eigenvalue weighted by Crippen LogP contribution is -2.42. The Morgan fingerprint density at radius 1 is 1.15 bits per heavy atom. The fourth-order valence-corrected chi connectivity index (χ4v) is 3.22. The summed E-state index contributed by atoms with van der Waals surface area (Å²) in [5, 5.41) is 0. The molecule has 2 atom stereocenters. The quantitative estimate of drug-likeness (QED) is 0.773. The van der Waals surface area contributed by atoms with Crippen LogP contribution in [-0.4, -0.2) is 29.8 Å². The summed E-state index contributed by atoms with van der Waals surface area (Å²) in [6.07, 6.45) is 3.22. The maximum Gasteiger partial charge on any atom is 0.164 e. The van der Waals surface area contributed by atoms with E-state index in [1.54, 1.807) is 0 Å². The molecule has 0 bridgehead atoms. The zero-order chi connectivity index (χ0) is 14.7. The van der Waals surface area contributed by atoms with Crippen molar-refractivity contribution < 1.29 is 4.79 Å². The monoisotopic (exact) mass is 273 g/mol. The lowest BCUT2D eigenvalue weighted by molar-refractivity contribution is 0.0900. The fourth-order valence-electron chi connectivity index (χ4n) is 3.22. The standard InChI is InChI=1S/C18H27NO/c1-13-5-6-16(4)19(12-13)8-7-18(20)17-10-14(2)9-15(3)11-17/h9-11,13,16H,5-8,12H2,1-4H3. The van der Waals surface area contributed by atoms with Crippen molar-refractivity contribution in [2.75, 3.05) is 13.1 Å². The Morgan fingerprint density at radius 3 is 2.45 bits per heavy atom. The van der Waals surface area contributed by atoms with Crippen LogP contribution < -0.4 is 0 Å². The van der Waals surface area contributed by atoms with E-state index in [9.17, 15) is 4.79 Å². The molecule has 1 aliphatic rings. The fraction of sp³-hybridized carbons (Fsp3) is 0.611. The Hall–Kier alpha value is -1.15. The molecule has 2 heteroatoms. The summed E-state index contributed by atoms with van der Waals surface area (Å²) >= 11 is 0. The first-order chi connectivity index (χ1) is 9.45. The van der Waals surface area contributed by atoms with Crippen molar-refractivity contribution in [2.45, 2.75) is 53.0 Å². The van der Waals surface area contributed by atoms with Crippen molar-refractivity contribution in [3.05, 3.63) is 34.9 Å². The van der Waals surface area contributed by atoms with E-state index in [1.807, 2.05) is 12.1 Å². The van der Waals surface area contributed by atoms with E-state index in [2.05, 4.69) is 38.7 Å². The number of likely N-dealkylation sites (tertiary alicyclic amines) is 1. The highest BCUT2D eigenvalue weighted by Crippen LogP contribution is 2.21. The molecule has 0 saturated carbocycles. The minimum Gasteiger partial charge on any atom is -0.300 e. The Balaban J connectivity index is 1.94. The van der Waals surface area contributed by atoms with Crippen LogP contribution in [0.5, 0.6) is 0 Å². The molecule has 0 aromatic heterocycles. The van der Waals surface area contributed by atoms with Crippen LogP contribution in [0.4, 0.5) is 0 Å². The van der Waals surface area contributed by atoms with Gasteiger partial charge in [-0.2, -0.15) is 0 Å². The third-order valence-corrected chi connectivity index (χ3v) is 4.42. The van der Waals surface area contributed by atoms with Gasteiger partial charge in [0.25, 0.3) is 0 Å². The van der Waals surface area contributed by atoms with E-state index in [4.69, 9.17) is 0 Å². The number of hydrogen-bond acceptors (Lipinski definition) is 2. The van der Waals surface area contributed by atoms with E-state index in [1.165, 1.54) is 24.0 Å². The van der Waals surface area contributed by atoms with E-state index in [0.717, 1.165) is 24.6 Å². The molecule has 0 amide bonds. The predicted octanol–water partition coefficient (Wildman–Crippen LogP) is 4.00. The van der Waals surface area contributed by atoms with Crippen LogP contribution in [0, 0.1) is 19.8 Å². The van der Waals surface area contributed by atoms with Crippen LogP contribution >= 0.6 is 0 Å². The number of aryl methyl sites for hydroxylation is 2. The number of carbonyl (C=O) groups is 1. The maximum atomic E-state index is 12.4. The summed E-state index contributed by atoms with van der Waals surface area (Å²) in [6, 6.07) is 6.76. The Kier molecular flexibility index (Phi) is 4.98. The number of carbonyl (C=O) groups excluding carboxylic acids is 1. The van der Waals surface area contributed by atoms with Crippen LogP contribution in [0.25, 0.3) is 0 Å². The molecule has 1 fully saturated rings. The lowest BCUT2D eigenvalue weighted by atomic mass is 9.94. The molecule has 0 radical (unpaired) electrons. The summed E-state index contributed by atoms with van der Waals surface area (Å²) in [5.74, 6) is 1.05. The molecule has 20 heavy (non-hydrogen) atoms. The Labute approximate surface area is 123 Å². The number of piperidine rings is 1. The second kappa shape index (κ2) is 6.53. The first-order valence-corrected chi connectivity index (χ1v) is 7.81. The van der Waals surface area contributed by atoms with Gasteiger partial charge in [0, 0.05) is 31.1 Å². The molecule has 0 aliphatic carbocycles. The van der Waals surface area contributed by atoms with Gasteiger partial charge in [0.15, 0.2) is 5.78 Å². The van der Waals surface area contributed by atoms with Crippen LogP contribution in [0.15, 0.2) is 18.2 Å². The van der Waals surface area contributed by atoms with Gasteiger partial charge in [-0.15, -0.1) is 0 Å². The third-order valence-electron chi connectivity index (χ3n) is 4.42. The van der Waals surface area contributed by atoms with Crippen molar-refractivity contribution >= 4 is 5.78 Å². The summed E-state index contributed by atoms with van der Waals surface area (Å²) in [5.41, 5.74) is 3.22. The van der Waals surface area contributed by atoms with Gasteiger partial charge in [-0.25, -0.2) is 0 Å². The number of rotatable bonds is 4. The number of Topliss-reactive ketones (excluding diaryl/α,β-unsaturated/α-hetero) is 1.